The van der Waals surface area contributed by atoms with Crippen molar-refractivity contribution in [1.82, 2.24) is 0 Å². The minimum Gasteiger partial charge on any atom is -0.480 e. The summed E-state index contributed by atoms with van der Waals surface area (Å²) in [6.45, 7) is 9.06. The molecule has 5 nitrogen and oxygen atoms in total. The predicted octanol–water partition coefficient (Wildman–Crippen LogP) is 4.69. The molecule has 0 aliphatic rings. The Kier molecular flexibility index (Phi) is 7.06. The smallest absolute Gasteiger partial charge is 0.319 e. The minimum absolute atomic E-state index is 0.00404. The summed E-state index contributed by atoms with van der Waals surface area (Å²) in [7, 11) is 0. The molecule has 0 unspecified atom stereocenters. The van der Waals surface area contributed by atoms with Gasteiger partial charge in [-0.15, -0.1) is 23.1 Å². The second kappa shape index (κ2) is 8.92. The zero-order valence-electron chi connectivity index (χ0n) is 16.7. The van der Waals surface area contributed by atoms with Crippen LogP contribution in [0.5, 0.6) is 0 Å². The first kappa shape index (κ1) is 22.2. The number of rotatable bonds is 8. The van der Waals surface area contributed by atoms with Crippen molar-refractivity contribution in [2.45, 2.75) is 45.8 Å². The van der Waals surface area contributed by atoms with E-state index in [2.05, 4.69) is 5.32 Å². The predicted molar refractivity (Wildman–Crippen MR) is 116 cm³/mol. The third kappa shape index (κ3) is 5.23. The van der Waals surface area contributed by atoms with Gasteiger partial charge in [-0.1, -0.05) is 19.1 Å². The molecule has 1 heterocycles. The van der Waals surface area contributed by atoms with Crippen molar-refractivity contribution < 1.29 is 19.5 Å². The summed E-state index contributed by atoms with van der Waals surface area (Å²) in [5.41, 5.74) is 3.21. The fourth-order valence-corrected chi connectivity index (χ4v) is 4.08. The number of thiophene rings is 1. The summed E-state index contributed by atoms with van der Waals surface area (Å²) >= 11 is 2.43. The molecule has 2 aromatic rings. The maximum Gasteiger partial charge on any atom is 0.319 e. The third-order valence-electron chi connectivity index (χ3n) is 4.48. The Morgan fingerprint density at radius 3 is 2.39 bits per heavy atom. The summed E-state index contributed by atoms with van der Waals surface area (Å²) in [6, 6.07) is 7.40. The van der Waals surface area contributed by atoms with Crippen molar-refractivity contribution in [3.8, 4) is 0 Å². The Balaban J connectivity index is 2.22. The standard InChI is InChI=1S/C21H25NO4S2/c1-6-15-10-16(18(24)14-8-7-12(2)13(3)9-14)19(28-15)22-17(23)11-27-21(4,5)20(25)26/h7-10H,6,11H2,1-5H3,(H,22,23)(H,25,26). The van der Waals surface area contributed by atoms with Crippen LogP contribution in [0.2, 0.25) is 0 Å². The van der Waals surface area contributed by atoms with Gasteiger partial charge in [-0.25, -0.2) is 0 Å². The van der Waals surface area contributed by atoms with E-state index in [1.165, 1.54) is 11.3 Å². The van der Waals surface area contributed by atoms with Crippen LogP contribution in [-0.2, 0) is 16.0 Å². The van der Waals surface area contributed by atoms with E-state index in [1.807, 2.05) is 39.0 Å². The molecule has 2 N–H and O–H groups in total. The number of carboxylic acid groups (broad SMARTS) is 1. The Hall–Kier alpha value is -2.12. The zero-order valence-corrected chi connectivity index (χ0v) is 18.3. The molecule has 7 heteroatoms. The van der Waals surface area contributed by atoms with Gasteiger partial charge in [-0.3, -0.25) is 14.4 Å². The van der Waals surface area contributed by atoms with Crippen molar-refractivity contribution in [2.24, 2.45) is 0 Å². The number of nitrogens with one attached hydrogen (secondary N) is 1. The van der Waals surface area contributed by atoms with Crippen LogP contribution in [0.4, 0.5) is 5.00 Å². The number of hydrogen-bond acceptors (Lipinski definition) is 5. The maximum atomic E-state index is 13.0. The first-order valence-electron chi connectivity index (χ1n) is 8.97. The Labute approximate surface area is 173 Å². The lowest BCUT2D eigenvalue weighted by molar-refractivity contribution is -0.138. The zero-order chi connectivity index (χ0) is 21.1. The normalized spacial score (nSPS) is 11.3. The number of anilines is 1. The van der Waals surface area contributed by atoms with Gasteiger partial charge in [-0.2, -0.15) is 0 Å². The number of hydrogen-bond donors (Lipinski definition) is 2. The molecule has 0 saturated heterocycles. The summed E-state index contributed by atoms with van der Waals surface area (Å²) in [4.78, 5) is 37.6. The van der Waals surface area contributed by atoms with Crippen molar-refractivity contribution >= 4 is 45.8 Å². The number of thioether (sulfide) groups is 1. The van der Waals surface area contributed by atoms with Crippen LogP contribution in [0, 0.1) is 13.8 Å². The lowest BCUT2D eigenvalue weighted by Gasteiger charge is -2.17. The van der Waals surface area contributed by atoms with Crippen molar-refractivity contribution in [3.05, 3.63) is 51.4 Å². The molecule has 0 atom stereocenters. The van der Waals surface area contributed by atoms with Gasteiger partial charge < -0.3 is 10.4 Å². The number of ketones is 1. The van der Waals surface area contributed by atoms with Crippen LogP contribution < -0.4 is 5.32 Å². The number of carboxylic acids is 1. The molecule has 0 spiro atoms. The van der Waals surface area contributed by atoms with E-state index in [0.29, 0.717) is 16.1 Å². The fraction of sp³-hybridized carbons (Fsp3) is 0.381. The first-order valence-corrected chi connectivity index (χ1v) is 10.8. The number of amides is 1. The first-order chi connectivity index (χ1) is 13.0. The van der Waals surface area contributed by atoms with E-state index in [1.54, 1.807) is 19.9 Å². The van der Waals surface area contributed by atoms with Gasteiger partial charge in [0.1, 0.15) is 9.75 Å². The molecule has 0 aliphatic heterocycles. The SMILES string of the molecule is CCc1cc(C(=O)c2ccc(C)c(C)c2)c(NC(=O)CSC(C)(C)C(=O)O)s1. The van der Waals surface area contributed by atoms with Crippen LogP contribution in [0.15, 0.2) is 24.3 Å². The number of aliphatic carboxylic acids is 1. The summed E-state index contributed by atoms with van der Waals surface area (Å²) < 4.78 is -1.06. The lowest BCUT2D eigenvalue weighted by Crippen LogP contribution is -2.29. The molecule has 150 valence electrons. The molecule has 1 aromatic carbocycles. The highest BCUT2D eigenvalue weighted by molar-refractivity contribution is 8.02. The van der Waals surface area contributed by atoms with Crippen molar-refractivity contribution in [2.75, 3.05) is 11.1 Å². The van der Waals surface area contributed by atoms with Crippen molar-refractivity contribution in [1.29, 1.82) is 0 Å². The molecule has 2 rings (SSSR count). The average molecular weight is 420 g/mol. The molecule has 0 aliphatic carbocycles. The lowest BCUT2D eigenvalue weighted by atomic mass is 10.00. The highest BCUT2D eigenvalue weighted by atomic mass is 32.2. The second-order valence-corrected chi connectivity index (χ2v) is 9.82. The monoisotopic (exact) mass is 419 g/mol. The number of carbonyl (C=O) groups is 3. The van der Waals surface area contributed by atoms with Crippen LogP contribution in [-0.4, -0.2) is 33.3 Å². The van der Waals surface area contributed by atoms with E-state index in [-0.39, 0.29) is 17.4 Å². The van der Waals surface area contributed by atoms with Gasteiger partial charge in [0.25, 0.3) is 0 Å². The molecule has 1 amide bonds. The topological polar surface area (TPSA) is 83.5 Å². The fourth-order valence-electron chi connectivity index (χ4n) is 2.39. The Bertz CT molecular complexity index is 915. The largest absolute Gasteiger partial charge is 0.480 e. The van der Waals surface area contributed by atoms with Gasteiger partial charge in [0, 0.05) is 10.4 Å². The van der Waals surface area contributed by atoms with Gasteiger partial charge in [0.2, 0.25) is 5.91 Å². The average Bonchev–Trinajstić information content (AvgIpc) is 3.04. The van der Waals surface area contributed by atoms with E-state index in [4.69, 9.17) is 5.11 Å². The summed E-state index contributed by atoms with van der Waals surface area (Å²) in [5, 5.41) is 12.5. The number of carbonyl (C=O) groups excluding carboxylic acids is 2. The molecule has 0 saturated carbocycles. The van der Waals surface area contributed by atoms with Gasteiger partial charge in [-0.05, 0) is 57.4 Å². The van der Waals surface area contributed by atoms with Crippen LogP contribution in [0.3, 0.4) is 0 Å². The number of benzene rings is 1. The highest BCUT2D eigenvalue weighted by Crippen LogP contribution is 2.32. The summed E-state index contributed by atoms with van der Waals surface area (Å²) in [6.07, 6.45) is 0.758. The molecule has 0 radical (unpaired) electrons. The molecular weight excluding hydrogens is 394 g/mol. The molecular formula is C21H25NO4S2. The van der Waals surface area contributed by atoms with E-state index in [0.717, 1.165) is 34.2 Å². The van der Waals surface area contributed by atoms with Crippen LogP contribution in [0.1, 0.15) is 52.7 Å². The van der Waals surface area contributed by atoms with E-state index >= 15 is 0 Å². The van der Waals surface area contributed by atoms with E-state index in [9.17, 15) is 14.4 Å². The maximum absolute atomic E-state index is 13.0. The third-order valence-corrected chi connectivity index (χ3v) is 6.98. The summed E-state index contributed by atoms with van der Waals surface area (Å²) in [5.74, 6) is -1.43. The van der Waals surface area contributed by atoms with Crippen molar-refractivity contribution in [3.63, 3.8) is 0 Å². The Morgan fingerprint density at radius 1 is 1.14 bits per heavy atom. The molecule has 0 fully saturated rings. The van der Waals surface area contributed by atoms with Gasteiger partial charge in [0.15, 0.2) is 5.78 Å². The molecule has 0 bridgehead atoms. The quantitative estimate of drug-likeness (QED) is 0.606. The van der Waals surface area contributed by atoms with E-state index < -0.39 is 10.7 Å². The second-order valence-electron chi connectivity index (χ2n) is 7.09. The van der Waals surface area contributed by atoms with Gasteiger partial charge in [0.05, 0.1) is 11.3 Å². The Morgan fingerprint density at radius 2 is 1.82 bits per heavy atom. The molecule has 1 aromatic heterocycles. The van der Waals surface area contributed by atoms with Crippen LogP contribution >= 0.6 is 23.1 Å². The number of aryl methyl sites for hydroxylation is 3. The highest BCUT2D eigenvalue weighted by Gasteiger charge is 2.29. The minimum atomic E-state index is -1.06. The molecule has 28 heavy (non-hydrogen) atoms. The van der Waals surface area contributed by atoms with Crippen LogP contribution in [0.25, 0.3) is 0 Å². The van der Waals surface area contributed by atoms with Gasteiger partial charge >= 0.3 is 5.97 Å².